The summed E-state index contributed by atoms with van der Waals surface area (Å²) in [5.41, 5.74) is 0. The van der Waals surface area contributed by atoms with E-state index in [4.69, 9.17) is 0 Å². The lowest BCUT2D eigenvalue weighted by Crippen LogP contribution is -2.41. The molecule has 1 heterocycles. The molecule has 1 aliphatic rings. The monoisotopic (exact) mass is 219 g/mol. The first-order valence-corrected chi connectivity index (χ1v) is 6.78. The molecule has 0 radical (unpaired) electrons. The Bertz CT molecular complexity index is 304. The molecule has 1 fully saturated rings. The van der Waals surface area contributed by atoms with Crippen LogP contribution in [0.25, 0.3) is 0 Å². The summed E-state index contributed by atoms with van der Waals surface area (Å²) >= 11 is 0. The third-order valence-electron chi connectivity index (χ3n) is 2.67. The second-order valence-corrected chi connectivity index (χ2v) is 6.12. The number of sulfone groups is 1. The van der Waals surface area contributed by atoms with Crippen LogP contribution in [0.4, 0.5) is 0 Å². The summed E-state index contributed by atoms with van der Waals surface area (Å²) in [4.78, 5) is 11.3. The van der Waals surface area contributed by atoms with Crippen LogP contribution in [0.15, 0.2) is 0 Å². The van der Waals surface area contributed by atoms with Gasteiger partial charge in [0.25, 0.3) is 0 Å². The third kappa shape index (κ3) is 2.78. The number of nitrogens with one attached hydrogen (secondary N) is 1. The zero-order valence-corrected chi connectivity index (χ0v) is 9.43. The van der Waals surface area contributed by atoms with E-state index in [-0.39, 0.29) is 11.7 Å². The predicted octanol–water partition coefficient (Wildman–Crippen LogP) is -0.0118. The standard InChI is InChI=1S/C9H17NO3S/c1-7(11)9(14(2,12)13)8-3-5-10-6-4-8/h8-10H,3-6H2,1-2H3. The van der Waals surface area contributed by atoms with Gasteiger partial charge in [-0.25, -0.2) is 8.42 Å². The highest BCUT2D eigenvalue weighted by atomic mass is 32.2. The molecule has 0 amide bonds. The highest BCUT2D eigenvalue weighted by Gasteiger charge is 2.34. The normalized spacial score (nSPS) is 21.9. The molecule has 1 saturated heterocycles. The topological polar surface area (TPSA) is 63.2 Å². The van der Waals surface area contributed by atoms with Gasteiger partial charge in [0.05, 0.1) is 0 Å². The molecule has 0 spiro atoms. The Morgan fingerprint density at radius 1 is 1.36 bits per heavy atom. The van der Waals surface area contributed by atoms with Gasteiger partial charge in [-0.05, 0) is 38.8 Å². The fourth-order valence-corrected chi connectivity index (χ4v) is 3.70. The quantitative estimate of drug-likeness (QED) is 0.725. The molecule has 14 heavy (non-hydrogen) atoms. The summed E-state index contributed by atoms with van der Waals surface area (Å²) in [6, 6.07) is 0. The van der Waals surface area contributed by atoms with Crippen molar-refractivity contribution in [2.75, 3.05) is 19.3 Å². The van der Waals surface area contributed by atoms with Crippen LogP contribution < -0.4 is 5.32 Å². The van der Waals surface area contributed by atoms with Gasteiger partial charge in [0.2, 0.25) is 0 Å². The van der Waals surface area contributed by atoms with Crippen molar-refractivity contribution in [1.29, 1.82) is 0 Å². The van der Waals surface area contributed by atoms with Crippen molar-refractivity contribution in [1.82, 2.24) is 5.32 Å². The number of piperidine rings is 1. The maximum Gasteiger partial charge on any atom is 0.157 e. The maximum atomic E-state index is 11.4. The van der Waals surface area contributed by atoms with E-state index in [0.717, 1.165) is 32.2 Å². The molecule has 0 aromatic carbocycles. The van der Waals surface area contributed by atoms with Gasteiger partial charge >= 0.3 is 0 Å². The lowest BCUT2D eigenvalue weighted by molar-refractivity contribution is -0.117. The van der Waals surface area contributed by atoms with Crippen LogP contribution in [-0.4, -0.2) is 38.8 Å². The molecule has 1 rings (SSSR count). The van der Waals surface area contributed by atoms with Crippen molar-refractivity contribution in [2.45, 2.75) is 25.0 Å². The molecule has 0 bridgehead atoms. The van der Waals surface area contributed by atoms with E-state index in [0.29, 0.717) is 0 Å². The lowest BCUT2D eigenvalue weighted by Gasteiger charge is -2.27. The van der Waals surface area contributed by atoms with Crippen molar-refractivity contribution < 1.29 is 13.2 Å². The van der Waals surface area contributed by atoms with Crippen LogP contribution in [0.2, 0.25) is 0 Å². The maximum absolute atomic E-state index is 11.4. The predicted molar refractivity (Wildman–Crippen MR) is 54.9 cm³/mol. The Hall–Kier alpha value is -0.420. The van der Waals surface area contributed by atoms with Crippen molar-refractivity contribution >= 4 is 15.6 Å². The van der Waals surface area contributed by atoms with E-state index in [2.05, 4.69) is 5.32 Å². The molecule has 1 atom stereocenters. The molecule has 1 aliphatic heterocycles. The summed E-state index contributed by atoms with van der Waals surface area (Å²) < 4.78 is 22.9. The van der Waals surface area contributed by atoms with E-state index in [1.807, 2.05) is 0 Å². The average molecular weight is 219 g/mol. The molecule has 5 heteroatoms. The van der Waals surface area contributed by atoms with Crippen LogP contribution in [-0.2, 0) is 14.6 Å². The molecular formula is C9H17NO3S. The molecule has 4 nitrogen and oxygen atoms in total. The lowest BCUT2D eigenvalue weighted by atomic mass is 9.92. The number of carbonyl (C=O) groups excluding carboxylic acids is 1. The Balaban J connectivity index is 2.82. The first kappa shape index (κ1) is 11.7. The van der Waals surface area contributed by atoms with Gasteiger partial charge < -0.3 is 5.32 Å². The van der Waals surface area contributed by atoms with E-state index < -0.39 is 15.1 Å². The van der Waals surface area contributed by atoms with Gasteiger partial charge in [0.1, 0.15) is 11.0 Å². The molecule has 1 unspecified atom stereocenters. The second-order valence-electron chi connectivity index (χ2n) is 3.95. The second kappa shape index (κ2) is 4.40. The summed E-state index contributed by atoms with van der Waals surface area (Å²) in [6.07, 6.45) is 2.70. The van der Waals surface area contributed by atoms with E-state index in [9.17, 15) is 13.2 Å². The number of hydrogen-bond acceptors (Lipinski definition) is 4. The molecule has 1 N–H and O–H groups in total. The van der Waals surface area contributed by atoms with Gasteiger partial charge in [0.15, 0.2) is 9.84 Å². The molecule has 82 valence electrons. The SMILES string of the molecule is CC(=O)C(C1CCNCC1)S(C)(=O)=O. The molecule has 0 saturated carbocycles. The average Bonchev–Trinajstić information content (AvgIpc) is 2.02. The zero-order chi connectivity index (χ0) is 10.8. The number of rotatable bonds is 3. The summed E-state index contributed by atoms with van der Waals surface area (Å²) in [5, 5.41) is 2.37. The van der Waals surface area contributed by atoms with Gasteiger partial charge in [-0.15, -0.1) is 0 Å². The fraction of sp³-hybridized carbons (Fsp3) is 0.889. The highest BCUT2D eigenvalue weighted by molar-refractivity contribution is 7.92. The molecule has 0 aromatic heterocycles. The Kier molecular flexibility index (Phi) is 3.66. The smallest absolute Gasteiger partial charge is 0.157 e. The first-order chi connectivity index (χ1) is 6.43. The van der Waals surface area contributed by atoms with Crippen LogP contribution in [0.1, 0.15) is 19.8 Å². The first-order valence-electron chi connectivity index (χ1n) is 4.83. The molecule has 0 aliphatic carbocycles. The van der Waals surface area contributed by atoms with Gasteiger partial charge in [-0.2, -0.15) is 0 Å². The largest absolute Gasteiger partial charge is 0.317 e. The van der Waals surface area contributed by atoms with Crippen molar-refractivity contribution in [3.8, 4) is 0 Å². The summed E-state index contributed by atoms with van der Waals surface area (Å²) in [5.74, 6) is -0.219. The van der Waals surface area contributed by atoms with Crippen LogP contribution in [0.3, 0.4) is 0 Å². The fourth-order valence-electron chi connectivity index (χ4n) is 2.13. The van der Waals surface area contributed by atoms with Crippen molar-refractivity contribution in [3.63, 3.8) is 0 Å². The van der Waals surface area contributed by atoms with E-state index in [1.54, 1.807) is 0 Å². The third-order valence-corrected chi connectivity index (χ3v) is 4.31. The molecule has 0 aromatic rings. The minimum Gasteiger partial charge on any atom is -0.317 e. The number of carbonyl (C=O) groups is 1. The Morgan fingerprint density at radius 3 is 2.21 bits per heavy atom. The van der Waals surface area contributed by atoms with Crippen molar-refractivity contribution in [2.24, 2.45) is 5.92 Å². The Morgan fingerprint density at radius 2 is 1.86 bits per heavy atom. The van der Waals surface area contributed by atoms with Crippen molar-refractivity contribution in [3.05, 3.63) is 0 Å². The Labute approximate surface area is 85.0 Å². The minimum atomic E-state index is -3.24. The van der Waals surface area contributed by atoms with Gasteiger partial charge in [-0.1, -0.05) is 0 Å². The summed E-state index contributed by atoms with van der Waals surface area (Å²) in [7, 11) is -3.24. The van der Waals surface area contributed by atoms with Gasteiger partial charge in [0, 0.05) is 6.26 Å². The number of hydrogen-bond donors (Lipinski definition) is 1. The van der Waals surface area contributed by atoms with Crippen LogP contribution >= 0.6 is 0 Å². The zero-order valence-electron chi connectivity index (χ0n) is 8.62. The number of ketones is 1. The highest BCUT2D eigenvalue weighted by Crippen LogP contribution is 2.22. The minimum absolute atomic E-state index is 0.00347. The van der Waals surface area contributed by atoms with Crippen LogP contribution in [0.5, 0.6) is 0 Å². The van der Waals surface area contributed by atoms with E-state index >= 15 is 0 Å². The molecular weight excluding hydrogens is 202 g/mol. The van der Waals surface area contributed by atoms with Crippen LogP contribution in [0, 0.1) is 5.92 Å². The van der Waals surface area contributed by atoms with Gasteiger partial charge in [-0.3, -0.25) is 4.79 Å². The number of Topliss-reactive ketones (excluding diaryl/α,β-unsaturated/α-hetero) is 1. The summed E-state index contributed by atoms with van der Waals surface area (Å²) in [6.45, 7) is 2.99. The van der Waals surface area contributed by atoms with E-state index in [1.165, 1.54) is 6.92 Å².